The van der Waals surface area contributed by atoms with Gasteiger partial charge in [0.1, 0.15) is 11.5 Å². The molecule has 2 aliphatic heterocycles. The fourth-order valence-electron chi connectivity index (χ4n) is 5.85. The van der Waals surface area contributed by atoms with Crippen LogP contribution in [0.3, 0.4) is 0 Å². The van der Waals surface area contributed by atoms with Gasteiger partial charge < -0.3 is 24.0 Å². The molecule has 3 aromatic carbocycles. The van der Waals surface area contributed by atoms with Crippen molar-refractivity contribution in [1.82, 2.24) is 4.90 Å². The number of rotatable bonds is 11. The van der Waals surface area contributed by atoms with Crippen molar-refractivity contribution in [2.75, 3.05) is 63.3 Å². The number of hydrogen-bond donors (Lipinski definition) is 0. The van der Waals surface area contributed by atoms with Gasteiger partial charge in [-0.15, -0.1) is 11.8 Å². The van der Waals surface area contributed by atoms with Gasteiger partial charge in [-0.05, 0) is 67.4 Å². The lowest BCUT2D eigenvalue weighted by Crippen LogP contribution is -2.46. The molecule has 1 fully saturated rings. The lowest BCUT2D eigenvalue weighted by atomic mass is 10.0. The van der Waals surface area contributed by atoms with Gasteiger partial charge in [-0.2, -0.15) is 0 Å². The number of carbonyl (C=O) groups excluding carboxylic acids is 2. The van der Waals surface area contributed by atoms with Crippen LogP contribution in [0.1, 0.15) is 37.0 Å². The summed E-state index contributed by atoms with van der Waals surface area (Å²) in [5, 5.41) is 0.155. The standard InChI is InChI=1S/C34H40ClN3O5S/c1-24(39)43-32-33(25-11-14-27(41-2)15-12-25)44-31-23-26(35)13-16-29(31)38(34(32)40)18-8-4-7-17-36-19-21-37(22-20-36)28-9-5-6-10-30(28)42-3/h5-6,9-16,23,32-33H,4,7-8,17-22H2,1-3H3/t32-,33+/m1/s1. The van der Waals surface area contributed by atoms with Crippen LogP contribution in [0.15, 0.2) is 71.6 Å². The first-order chi connectivity index (χ1) is 21.4. The Labute approximate surface area is 269 Å². The summed E-state index contributed by atoms with van der Waals surface area (Å²) in [6.45, 7) is 6.83. The van der Waals surface area contributed by atoms with Crippen LogP contribution < -0.4 is 19.3 Å². The second kappa shape index (κ2) is 15.1. The fourth-order valence-corrected chi connectivity index (χ4v) is 7.44. The number of esters is 1. The van der Waals surface area contributed by atoms with Crippen molar-refractivity contribution in [2.24, 2.45) is 0 Å². The molecule has 2 heterocycles. The Kier molecular flexibility index (Phi) is 11.0. The molecule has 0 spiro atoms. The molecule has 5 rings (SSSR count). The van der Waals surface area contributed by atoms with E-state index in [1.54, 1.807) is 25.2 Å². The Morgan fingerprint density at radius 3 is 2.32 bits per heavy atom. The molecule has 0 N–H and O–H groups in total. The van der Waals surface area contributed by atoms with Crippen molar-refractivity contribution < 1.29 is 23.8 Å². The Morgan fingerprint density at radius 2 is 1.61 bits per heavy atom. The number of unbranched alkanes of at least 4 members (excludes halogenated alkanes) is 2. The average Bonchev–Trinajstić information content (AvgIpc) is 3.15. The summed E-state index contributed by atoms with van der Waals surface area (Å²) in [6, 6.07) is 21.3. The molecule has 0 bridgehead atoms. The minimum atomic E-state index is -0.975. The Bertz CT molecular complexity index is 1430. The number of hydrogen-bond acceptors (Lipinski definition) is 8. The molecular weight excluding hydrogens is 598 g/mol. The monoisotopic (exact) mass is 637 g/mol. The van der Waals surface area contributed by atoms with Crippen molar-refractivity contribution in [2.45, 2.75) is 42.4 Å². The second-order valence-electron chi connectivity index (χ2n) is 11.0. The number of para-hydroxylation sites is 2. The van der Waals surface area contributed by atoms with E-state index in [4.69, 9.17) is 25.8 Å². The summed E-state index contributed by atoms with van der Waals surface area (Å²) < 4.78 is 16.6. The topological polar surface area (TPSA) is 71.6 Å². The van der Waals surface area contributed by atoms with Crippen LogP contribution in [-0.4, -0.2) is 76.4 Å². The van der Waals surface area contributed by atoms with E-state index >= 15 is 0 Å². The maximum Gasteiger partial charge on any atom is 0.303 e. The molecule has 8 nitrogen and oxygen atoms in total. The van der Waals surface area contributed by atoms with E-state index in [1.807, 2.05) is 48.5 Å². The van der Waals surface area contributed by atoms with Crippen molar-refractivity contribution >= 4 is 46.6 Å². The number of nitrogens with zero attached hydrogens (tertiary/aromatic N) is 3. The normalized spacial score (nSPS) is 18.9. The summed E-state index contributed by atoms with van der Waals surface area (Å²) >= 11 is 7.91. The smallest absolute Gasteiger partial charge is 0.303 e. The number of piperazine rings is 1. The summed E-state index contributed by atoms with van der Waals surface area (Å²) in [7, 11) is 3.33. The van der Waals surface area contributed by atoms with Crippen molar-refractivity contribution in [1.29, 1.82) is 0 Å². The summed E-state index contributed by atoms with van der Waals surface area (Å²) in [6.07, 6.45) is 1.88. The number of anilines is 2. The molecule has 3 aromatic rings. The molecule has 2 aliphatic rings. The Morgan fingerprint density at radius 1 is 0.886 bits per heavy atom. The molecule has 44 heavy (non-hydrogen) atoms. The molecule has 1 amide bonds. The largest absolute Gasteiger partial charge is 0.497 e. The van der Waals surface area contributed by atoms with Crippen LogP contribution in [-0.2, 0) is 14.3 Å². The van der Waals surface area contributed by atoms with Gasteiger partial charge >= 0.3 is 5.97 Å². The highest BCUT2D eigenvalue weighted by molar-refractivity contribution is 7.99. The van der Waals surface area contributed by atoms with Gasteiger partial charge in [-0.1, -0.05) is 42.3 Å². The third-order valence-electron chi connectivity index (χ3n) is 8.14. The quantitative estimate of drug-likeness (QED) is 0.175. The first kappa shape index (κ1) is 32.0. The Balaban J connectivity index is 1.21. The van der Waals surface area contributed by atoms with E-state index < -0.39 is 17.3 Å². The van der Waals surface area contributed by atoms with E-state index in [-0.39, 0.29) is 5.91 Å². The van der Waals surface area contributed by atoms with Gasteiger partial charge in [0.25, 0.3) is 5.91 Å². The van der Waals surface area contributed by atoms with Crippen LogP contribution in [0, 0.1) is 0 Å². The summed E-state index contributed by atoms with van der Waals surface area (Å²) in [5.41, 5.74) is 2.82. The molecule has 0 radical (unpaired) electrons. The highest BCUT2D eigenvalue weighted by Crippen LogP contribution is 2.47. The zero-order chi connectivity index (χ0) is 31.1. The number of fused-ring (bicyclic) bond motifs is 1. The molecular formula is C34H40ClN3O5S. The molecule has 2 atom stereocenters. The van der Waals surface area contributed by atoms with Gasteiger partial charge in [0.05, 0.1) is 30.8 Å². The lowest BCUT2D eigenvalue weighted by Gasteiger charge is -2.36. The van der Waals surface area contributed by atoms with Gasteiger partial charge in [-0.3, -0.25) is 14.5 Å². The first-order valence-corrected chi connectivity index (χ1v) is 16.3. The van der Waals surface area contributed by atoms with E-state index in [1.165, 1.54) is 18.7 Å². The van der Waals surface area contributed by atoms with Crippen LogP contribution in [0.5, 0.6) is 11.5 Å². The predicted molar refractivity (Wildman–Crippen MR) is 176 cm³/mol. The predicted octanol–water partition coefficient (Wildman–Crippen LogP) is 6.46. The maximum absolute atomic E-state index is 14.1. The number of ether oxygens (including phenoxy) is 3. The number of carbonyl (C=O) groups is 2. The van der Waals surface area contributed by atoms with Crippen molar-refractivity contribution in [3.63, 3.8) is 0 Å². The molecule has 0 saturated carbocycles. The minimum Gasteiger partial charge on any atom is -0.497 e. The van der Waals surface area contributed by atoms with Crippen LogP contribution >= 0.6 is 23.4 Å². The van der Waals surface area contributed by atoms with Gasteiger partial charge in [-0.25, -0.2) is 0 Å². The first-order valence-electron chi connectivity index (χ1n) is 15.1. The average molecular weight is 638 g/mol. The third kappa shape index (κ3) is 7.62. The highest BCUT2D eigenvalue weighted by atomic mass is 35.5. The number of benzene rings is 3. The zero-order valence-electron chi connectivity index (χ0n) is 25.5. The van der Waals surface area contributed by atoms with E-state index in [0.717, 1.165) is 79.6 Å². The van der Waals surface area contributed by atoms with Crippen molar-refractivity contribution in [3.05, 3.63) is 77.3 Å². The molecule has 1 saturated heterocycles. The molecule has 0 unspecified atom stereocenters. The maximum atomic E-state index is 14.1. The molecule has 0 aliphatic carbocycles. The SMILES string of the molecule is COc1ccc([C@@H]2Sc3cc(Cl)ccc3N(CCCCCN3CCN(c4ccccc4OC)CC3)C(=O)[C@@H]2OC(C)=O)cc1. The molecule has 10 heteroatoms. The fraction of sp³-hybridized carbons (Fsp3) is 0.412. The Hall–Kier alpha value is -3.40. The number of thioether (sulfide) groups is 1. The van der Waals surface area contributed by atoms with Crippen LogP contribution in [0.2, 0.25) is 5.02 Å². The van der Waals surface area contributed by atoms with Crippen molar-refractivity contribution in [3.8, 4) is 11.5 Å². The van der Waals surface area contributed by atoms with E-state index in [9.17, 15) is 9.59 Å². The van der Waals surface area contributed by atoms with E-state index in [0.29, 0.717) is 17.3 Å². The number of halogens is 1. The van der Waals surface area contributed by atoms with Crippen LogP contribution in [0.25, 0.3) is 0 Å². The van der Waals surface area contributed by atoms with Crippen LogP contribution in [0.4, 0.5) is 11.4 Å². The minimum absolute atomic E-state index is 0.220. The van der Waals surface area contributed by atoms with Gasteiger partial charge in [0.15, 0.2) is 6.10 Å². The van der Waals surface area contributed by atoms with E-state index in [2.05, 4.69) is 21.9 Å². The third-order valence-corrected chi connectivity index (χ3v) is 9.73. The number of amides is 1. The highest BCUT2D eigenvalue weighted by Gasteiger charge is 2.40. The zero-order valence-corrected chi connectivity index (χ0v) is 27.1. The van der Waals surface area contributed by atoms with Gasteiger partial charge in [0, 0.05) is 49.6 Å². The molecule has 0 aromatic heterocycles. The number of methoxy groups -OCH3 is 2. The van der Waals surface area contributed by atoms with Gasteiger partial charge in [0.2, 0.25) is 0 Å². The second-order valence-corrected chi connectivity index (χ2v) is 12.6. The molecule has 234 valence electrons. The summed E-state index contributed by atoms with van der Waals surface area (Å²) in [5.74, 6) is 0.919. The summed E-state index contributed by atoms with van der Waals surface area (Å²) in [4.78, 5) is 33.9. The lowest BCUT2D eigenvalue weighted by molar-refractivity contribution is -0.152.